The van der Waals surface area contributed by atoms with Gasteiger partial charge >= 0.3 is 11.9 Å². The molecular weight excluding hydrogens is 450 g/mol. The van der Waals surface area contributed by atoms with Crippen LogP contribution in [0.4, 0.5) is 5.69 Å². The highest BCUT2D eigenvalue weighted by atomic mass is 32.1. The van der Waals surface area contributed by atoms with Gasteiger partial charge in [0.05, 0.1) is 23.9 Å². The number of hydrogen-bond acceptors (Lipinski definition) is 8. The molecular formula is C21H27N5O6S. The molecule has 0 atom stereocenters. The lowest BCUT2D eigenvalue weighted by Gasteiger charge is -2.25. The van der Waals surface area contributed by atoms with Crippen LogP contribution in [0.2, 0.25) is 0 Å². The topological polar surface area (TPSA) is 152 Å². The molecule has 0 aliphatic carbocycles. The molecule has 1 aromatic carbocycles. The van der Waals surface area contributed by atoms with Crippen LogP contribution in [-0.4, -0.2) is 101 Å². The number of hydrogen-bond donors (Lipinski definition) is 4. The van der Waals surface area contributed by atoms with Crippen LogP contribution < -0.4 is 10.6 Å². The summed E-state index contributed by atoms with van der Waals surface area (Å²) in [6.45, 7) is 0.929. The molecule has 1 fully saturated rings. The van der Waals surface area contributed by atoms with E-state index in [2.05, 4.69) is 33.0 Å². The SMILES string of the molecule is O=C(O)CN1CCNC(=O)C(Cc2ccc(N=C=S)cc2)C(=O)NCCN(CC(=O)O)CC1. The molecule has 178 valence electrons. The maximum absolute atomic E-state index is 12.8. The molecule has 1 aliphatic rings. The largest absolute Gasteiger partial charge is 0.480 e. The van der Waals surface area contributed by atoms with Gasteiger partial charge in [-0.15, -0.1) is 0 Å². The van der Waals surface area contributed by atoms with Crippen molar-refractivity contribution < 1.29 is 29.4 Å². The van der Waals surface area contributed by atoms with E-state index < -0.39 is 29.7 Å². The van der Waals surface area contributed by atoms with E-state index >= 15 is 0 Å². The van der Waals surface area contributed by atoms with Gasteiger partial charge in [-0.25, -0.2) is 0 Å². The van der Waals surface area contributed by atoms with Crippen molar-refractivity contribution in [1.82, 2.24) is 20.4 Å². The number of amides is 2. The van der Waals surface area contributed by atoms with E-state index in [0.29, 0.717) is 18.8 Å². The number of benzene rings is 1. The lowest BCUT2D eigenvalue weighted by atomic mass is 9.97. The molecule has 1 heterocycles. The third kappa shape index (κ3) is 9.46. The summed E-state index contributed by atoms with van der Waals surface area (Å²) in [5, 5.41) is 26.0. The smallest absolute Gasteiger partial charge is 0.317 e. The Kier molecular flexibility index (Phi) is 10.6. The fourth-order valence-electron chi connectivity index (χ4n) is 3.43. The third-order valence-corrected chi connectivity index (χ3v) is 5.18. The van der Waals surface area contributed by atoms with Gasteiger partial charge in [0.2, 0.25) is 11.8 Å². The van der Waals surface area contributed by atoms with Crippen molar-refractivity contribution in [2.24, 2.45) is 10.9 Å². The monoisotopic (exact) mass is 477 g/mol. The quantitative estimate of drug-likeness (QED) is 0.233. The maximum atomic E-state index is 12.8. The summed E-state index contributed by atoms with van der Waals surface area (Å²) < 4.78 is 0. The summed E-state index contributed by atoms with van der Waals surface area (Å²) >= 11 is 4.58. The van der Waals surface area contributed by atoms with Crippen molar-refractivity contribution in [3.8, 4) is 0 Å². The lowest BCUT2D eigenvalue weighted by molar-refractivity contribution is -0.140. The predicted octanol–water partition coefficient (Wildman–Crippen LogP) is -0.401. The zero-order valence-corrected chi connectivity index (χ0v) is 18.8. The molecule has 0 radical (unpaired) electrons. The van der Waals surface area contributed by atoms with Crippen molar-refractivity contribution in [2.75, 3.05) is 52.4 Å². The minimum atomic E-state index is -1.02. The van der Waals surface area contributed by atoms with Gasteiger partial charge in [0.15, 0.2) is 0 Å². The van der Waals surface area contributed by atoms with Crippen LogP contribution >= 0.6 is 12.2 Å². The number of aliphatic imine (C=N–C) groups is 1. The predicted molar refractivity (Wildman–Crippen MR) is 122 cm³/mol. The Balaban J connectivity index is 2.16. The first kappa shape index (κ1) is 26.1. The minimum absolute atomic E-state index is 0.150. The lowest BCUT2D eigenvalue weighted by Crippen LogP contribution is -2.45. The number of rotatable bonds is 7. The second-order valence-electron chi connectivity index (χ2n) is 7.55. The second-order valence-corrected chi connectivity index (χ2v) is 7.73. The number of carboxylic acids is 2. The second kappa shape index (κ2) is 13.4. The molecule has 2 amide bonds. The zero-order valence-electron chi connectivity index (χ0n) is 18.0. The summed E-state index contributed by atoms with van der Waals surface area (Å²) in [4.78, 5) is 55.1. The molecule has 0 bridgehead atoms. The number of aliphatic carboxylic acids is 2. The molecule has 4 N–H and O–H groups in total. The Morgan fingerprint density at radius 3 is 1.85 bits per heavy atom. The molecule has 11 nitrogen and oxygen atoms in total. The first-order valence-corrected chi connectivity index (χ1v) is 10.8. The Labute approximate surface area is 196 Å². The number of carboxylic acid groups (broad SMARTS) is 2. The van der Waals surface area contributed by atoms with Crippen LogP contribution in [-0.2, 0) is 25.6 Å². The molecule has 12 heteroatoms. The van der Waals surface area contributed by atoms with Crippen molar-refractivity contribution in [1.29, 1.82) is 0 Å². The Bertz CT molecular complexity index is 861. The number of thiocarbonyl (C=S) groups is 1. The standard InChI is InChI=1S/C21H27N5O6S/c27-18(28)12-25-7-5-22-20(31)17(11-15-1-3-16(4-2-15)24-14-33)21(32)23-6-8-26(10-9-25)13-19(29)30/h1-4,17H,5-13H2,(H,22,31)(H,23,32)(H,27,28)(H,29,30). The van der Waals surface area contributed by atoms with Gasteiger partial charge in [-0.05, 0) is 36.3 Å². The number of isothiocyanates is 1. The summed E-state index contributed by atoms with van der Waals surface area (Å²) in [5.74, 6) is -3.99. The van der Waals surface area contributed by atoms with Crippen molar-refractivity contribution in [3.63, 3.8) is 0 Å². The fraction of sp³-hybridized carbons (Fsp3) is 0.476. The van der Waals surface area contributed by atoms with Crippen molar-refractivity contribution in [2.45, 2.75) is 6.42 Å². The highest BCUT2D eigenvalue weighted by Crippen LogP contribution is 2.16. The average molecular weight is 478 g/mol. The van der Waals surface area contributed by atoms with E-state index in [1.807, 2.05) is 0 Å². The minimum Gasteiger partial charge on any atom is -0.480 e. The van der Waals surface area contributed by atoms with E-state index in [4.69, 9.17) is 10.2 Å². The van der Waals surface area contributed by atoms with Crippen molar-refractivity contribution >= 4 is 46.8 Å². The Hall–Kier alpha value is -3.18. The Morgan fingerprint density at radius 2 is 1.42 bits per heavy atom. The zero-order chi connectivity index (χ0) is 24.2. The average Bonchev–Trinajstić information content (AvgIpc) is 2.76. The van der Waals surface area contributed by atoms with E-state index in [9.17, 15) is 19.2 Å². The van der Waals surface area contributed by atoms with E-state index in [1.165, 1.54) is 0 Å². The highest BCUT2D eigenvalue weighted by Gasteiger charge is 2.27. The van der Waals surface area contributed by atoms with Crippen LogP contribution in [0.15, 0.2) is 29.3 Å². The number of carbonyl (C=O) groups excluding carboxylic acids is 2. The van der Waals surface area contributed by atoms with Crippen LogP contribution in [0.1, 0.15) is 5.56 Å². The molecule has 2 rings (SSSR count). The first-order chi connectivity index (χ1) is 15.8. The van der Waals surface area contributed by atoms with Crippen molar-refractivity contribution in [3.05, 3.63) is 29.8 Å². The summed E-state index contributed by atoms with van der Waals surface area (Å²) in [5.41, 5.74) is 1.35. The first-order valence-electron chi connectivity index (χ1n) is 10.4. The number of nitrogens with one attached hydrogen (secondary N) is 2. The van der Waals surface area contributed by atoms with Crippen LogP contribution in [0, 0.1) is 5.92 Å². The molecule has 1 aliphatic heterocycles. The molecule has 0 unspecified atom stereocenters. The van der Waals surface area contributed by atoms with Crippen LogP contribution in [0.3, 0.4) is 0 Å². The van der Waals surface area contributed by atoms with E-state index in [0.717, 1.165) is 5.56 Å². The molecule has 33 heavy (non-hydrogen) atoms. The Morgan fingerprint density at radius 1 is 0.939 bits per heavy atom. The molecule has 0 aromatic heterocycles. The normalized spacial score (nSPS) is 17.5. The van der Waals surface area contributed by atoms with Crippen LogP contribution in [0.5, 0.6) is 0 Å². The van der Waals surface area contributed by atoms with Gasteiger partial charge in [-0.1, -0.05) is 12.1 Å². The highest BCUT2D eigenvalue weighted by molar-refractivity contribution is 7.78. The molecule has 1 aromatic rings. The number of carbonyl (C=O) groups is 4. The summed E-state index contributed by atoms with van der Waals surface area (Å²) in [6.07, 6.45) is 0.150. The molecule has 1 saturated heterocycles. The number of nitrogens with zero attached hydrogens (tertiary/aromatic N) is 3. The summed E-state index contributed by atoms with van der Waals surface area (Å²) in [7, 11) is 0. The van der Waals surface area contributed by atoms with Gasteiger partial charge < -0.3 is 20.8 Å². The van der Waals surface area contributed by atoms with E-state index in [-0.39, 0.29) is 45.7 Å². The van der Waals surface area contributed by atoms with Gasteiger partial charge in [0.25, 0.3) is 0 Å². The van der Waals surface area contributed by atoms with Crippen LogP contribution in [0.25, 0.3) is 0 Å². The summed E-state index contributed by atoms with van der Waals surface area (Å²) in [6, 6.07) is 6.90. The van der Waals surface area contributed by atoms with E-state index in [1.54, 1.807) is 34.1 Å². The van der Waals surface area contributed by atoms with Gasteiger partial charge in [0.1, 0.15) is 5.92 Å². The van der Waals surface area contributed by atoms with Gasteiger partial charge in [-0.2, -0.15) is 4.99 Å². The van der Waals surface area contributed by atoms with Gasteiger partial charge in [-0.3, -0.25) is 29.0 Å². The maximum Gasteiger partial charge on any atom is 0.317 e. The molecule has 0 saturated carbocycles. The van der Waals surface area contributed by atoms with Gasteiger partial charge in [0, 0.05) is 39.3 Å². The molecule has 0 spiro atoms. The fourth-order valence-corrected chi connectivity index (χ4v) is 3.53. The third-order valence-electron chi connectivity index (χ3n) is 5.09.